The van der Waals surface area contributed by atoms with Gasteiger partial charge in [0.25, 0.3) is 0 Å². The Labute approximate surface area is 151 Å². The molecule has 1 aliphatic carbocycles. The van der Waals surface area contributed by atoms with Crippen molar-refractivity contribution in [3.05, 3.63) is 42.6 Å². The van der Waals surface area contributed by atoms with Crippen molar-refractivity contribution in [1.82, 2.24) is 29.7 Å². The number of hydrogen-bond acceptors (Lipinski definition) is 6. The second kappa shape index (κ2) is 6.22. The molecule has 3 aromatic rings. The van der Waals surface area contributed by atoms with Gasteiger partial charge < -0.3 is 0 Å². The van der Waals surface area contributed by atoms with Crippen LogP contribution in [0.1, 0.15) is 45.5 Å². The lowest BCUT2D eigenvalue weighted by Gasteiger charge is -2.16. The van der Waals surface area contributed by atoms with Crippen LogP contribution in [0.3, 0.4) is 0 Å². The molecule has 3 heterocycles. The summed E-state index contributed by atoms with van der Waals surface area (Å²) in [6.07, 6.45) is 7.74. The Hall–Kier alpha value is -2.28. The summed E-state index contributed by atoms with van der Waals surface area (Å²) in [7, 11) is 0. The lowest BCUT2D eigenvalue weighted by atomic mass is 9.96. The highest BCUT2D eigenvalue weighted by Gasteiger charge is 2.30. The molecular formula is C18H20N6S. The lowest BCUT2D eigenvalue weighted by Crippen LogP contribution is -2.15. The molecule has 0 saturated heterocycles. The lowest BCUT2D eigenvalue weighted by molar-refractivity contribution is 0.538. The van der Waals surface area contributed by atoms with Crippen molar-refractivity contribution in [1.29, 1.82) is 0 Å². The van der Waals surface area contributed by atoms with Crippen molar-refractivity contribution in [2.75, 3.05) is 0 Å². The zero-order valence-electron chi connectivity index (χ0n) is 14.5. The minimum atomic E-state index is -0.0817. The van der Waals surface area contributed by atoms with Crippen LogP contribution in [0.5, 0.6) is 0 Å². The molecule has 1 saturated carbocycles. The molecule has 128 valence electrons. The maximum Gasteiger partial charge on any atom is 0.198 e. The van der Waals surface area contributed by atoms with E-state index in [1.54, 1.807) is 18.0 Å². The molecule has 0 amide bonds. The Balaban J connectivity index is 1.69. The summed E-state index contributed by atoms with van der Waals surface area (Å²) in [5, 5.41) is 10.6. The van der Waals surface area contributed by atoms with Gasteiger partial charge in [0.15, 0.2) is 11.0 Å². The molecule has 1 fully saturated rings. The molecule has 7 heteroatoms. The van der Waals surface area contributed by atoms with Gasteiger partial charge in [0.1, 0.15) is 10.9 Å². The minimum absolute atomic E-state index is 0.0817. The second-order valence-electron chi connectivity index (χ2n) is 7.22. The third-order valence-corrected chi connectivity index (χ3v) is 4.89. The number of rotatable bonds is 4. The van der Waals surface area contributed by atoms with Gasteiger partial charge in [-0.1, -0.05) is 20.8 Å². The van der Waals surface area contributed by atoms with Gasteiger partial charge in [-0.2, -0.15) is 0 Å². The highest BCUT2D eigenvalue weighted by Crippen LogP contribution is 2.42. The van der Waals surface area contributed by atoms with E-state index >= 15 is 0 Å². The molecule has 0 unspecified atom stereocenters. The van der Waals surface area contributed by atoms with Crippen LogP contribution < -0.4 is 0 Å². The topological polar surface area (TPSA) is 69.4 Å². The summed E-state index contributed by atoms with van der Waals surface area (Å²) >= 11 is 1.55. The predicted molar refractivity (Wildman–Crippen MR) is 96.4 cm³/mol. The SMILES string of the molecule is CC(C)(C)c1nccc(Sc2nnc(-c3cccnc3)n2C2CC2)n1. The van der Waals surface area contributed by atoms with E-state index in [0.29, 0.717) is 6.04 Å². The van der Waals surface area contributed by atoms with Gasteiger partial charge in [-0.05, 0) is 42.8 Å². The van der Waals surface area contributed by atoms with Gasteiger partial charge >= 0.3 is 0 Å². The molecule has 6 nitrogen and oxygen atoms in total. The first-order valence-electron chi connectivity index (χ1n) is 8.39. The Morgan fingerprint density at radius 3 is 2.64 bits per heavy atom. The fraction of sp³-hybridized carbons (Fsp3) is 0.389. The molecule has 0 spiro atoms. The number of nitrogens with zero attached hydrogens (tertiary/aromatic N) is 6. The Morgan fingerprint density at radius 1 is 1.12 bits per heavy atom. The molecule has 0 N–H and O–H groups in total. The van der Waals surface area contributed by atoms with Crippen LogP contribution in [0, 0.1) is 0 Å². The summed E-state index contributed by atoms with van der Waals surface area (Å²) in [6, 6.07) is 6.34. The molecule has 0 bridgehead atoms. The van der Waals surface area contributed by atoms with Crippen LogP contribution in [0.15, 0.2) is 47.0 Å². The summed E-state index contributed by atoms with van der Waals surface area (Å²) in [4.78, 5) is 13.3. The summed E-state index contributed by atoms with van der Waals surface area (Å²) in [5.74, 6) is 1.71. The second-order valence-corrected chi connectivity index (χ2v) is 8.21. The normalized spacial score (nSPS) is 14.7. The van der Waals surface area contributed by atoms with E-state index < -0.39 is 0 Å². The Bertz CT molecular complexity index is 880. The van der Waals surface area contributed by atoms with Gasteiger partial charge in [-0.25, -0.2) is 9.97 Å². The van der Waals surface area contributed by atoms with Gasteiger partial charge in [0.2, 0.25) is 0 Å². The first-order valence-corrected chi connectivity index (χ1v) is 9.21. The third-order valence-electron chi connectivity index (χ3n) is 3.99. The first kappa shape index (κ1) is 16.2. The van der Waals surface area contributed by atoms with Gasteiger partial charge in [0, 0.05) is 35.6 Å². The maximum absolute atomic E-state index is 4.70. The molecule has 0 atom stereocenters. The molecule has 4 rings (SSSR count). The number of aromatic nitrogens is 6. The maximum atomic E-state index is 4.70. The third kappa shape index (κ3) is 3.42. The standard InChI is InChI=1S/C18H20N6S/c1-18(2,3)16-20-10-8-14(21-16)25-17-23-22-15(24(17)13-6-7-13)12-5-4-9-19-11-12/h4-5,8-11,13H,6-7H2,1-3H3. The highest BCUT2D eigenvalue weighted by atomic mass is 32.2. The highest BCUT2D eigenvalue weighted by molar-refractivity contribution is 7.99. The zero-order valence-corrected chi connectivity index (χ0v) is 15.4. The molecule has 3 aromatic heterocycles. The Morgan fingerprint density at radius 2 is 1.96 bits per heavy atom. The molecule has 0 aromatic carbocycles. The molecule has 0 radical (unpaired) electrons. The van der Waals surface area contributed by atoms with Crippen LogP contribution in [-0.4, -0.2) is 29.7 Å². The zero-order chi connectivity index (χ0) is 17.4. The van der Waals surface area contributed by atoms with Crippen molar-refractivity contribution < 1.29 is 0 Å². The van der Waals surface area contributed by atoms with Crippen LogP contribution in [0.2, 0.25) is 0 Å². The van der Waals surface area contributed by atoms with Gasteiger partial charge in [-0.15, -0.1) is 10.2 Å². The van der Waals surface area contributed by atoms with E-state index in [4.69, 9.17) is 4.98 Å². The van der Waals surface area contributed by atoms with E-state index in [2.05, 4.69) is 45.5 Å². The average Bonchev–Trinajstić information content (AvgIpc) is 3.36. The van der Waals surface area contributed by atoms with Gasteiger partial charge in [0.05, 0.1) is 0 Å². The van der Waals surface area contributed by atoms with Crippen LogP contribution in [0.4, 0.5) is 0 Å². The van der Waals surface area contributed by atoms with Crippen LogP contribution in [-0.2, 0) is 5.41 Å². The monoisotopic (exact) mass is 352 g/mol. The largest absolute Gasteiger partial charge is 0.299 e. The fourth-order valence-corrected chi connectivity index (χ4v) is 3.42. The smallest absolute Gasteiger partial charge is 0.198 e. The van der Waals surface area contributed by atoms with Crippen molar-refractivity contribution in [2.24, 2.45) is 0 Å². The van der Waals surface area contributed by atoms with Gasteiger partial charge in [-0.3, -0.25) is 9.55 Å². The number of hydrogen-bond donors (Lipinski definition) is 0. The molecular weight excluding hydrogens is 332 g/mol. The fourth-order valence-electron chi connectivity index (χ4n) is 2.55. The van der Waals surface area contributed by atoms with Crippen molar-refractivity contribution in [3.8, 4) is 11.4 Å². The van der Waals surface area contributed by atoms with Crippen LogP contribution in [0.25, 0.3) is 11.4 Å². The van der Waals surface area contributed by atoms with Crippen LogP contribution >= 0.6 is 11.8 Å². The summed E-state index contributed by atoms with van der Waals surface area (Å²) in [6.45, 7) is 6.35. The minimum Gasteiger partial charge on any atom is -0.299 e. The molecule has 1 aliphatic rings. The average molecular weight is 352 g/mol. The van der Waals surface area contributed by atoms with E-state index in [9.17, 15) is 0 Å². The van der Waals surface area contributed by atoms with Crippen molar-refractivity contribution >= 4 is 11.8 Å². The number of pyridine rings is 1. The summed E-state index contributed by atoms with van der Waals surface area (Å²) in [5.41, 5.74) is 0.911. The first-order chi connectivity index (χ1) is 12.0. The quantitative estimate of drug-likeness (QED) is 0.663. The molecule has 25 heavy (non-hydrogen) atoms. The van der Waals surface area contributed by atoms with Crippen molar-refractivity contribution in [3.63, 3.8) is 0 Å². The van der Waals surface area contributed by atoms with E-state index in [1.807, 2.05) is 30.6 Å². The Kier molecular flexibility index (Phi) is 4.03. The van der Waals surface area contributed by atoms with E-state index in [-0.39, 0.29) is 5.41 Å². The molecule has 0 aliphatic heterocycles. The summed E-state index contributed by atoms with van der Waals surface area (Å²) < 4.78 is 2.22. The predicted octanol–water partition coefficient (Wildman–Crippen LogP) is 3.91. The van der Waals surface area contributed by atoms with Crippen molar-refractivity contribution in [2.45, 2.75) is 55.3 Å². The van der Waals surface area contributed by atoms with E-state index in [0.717, 1.165) is 40.2 Å². The van der Waals surface area contributed by atoms with E-state index in [1.165, 1.54) is 0 Å².